The van der Waals surface area contributed by atoms with Gasteiger partial charge in [0.25, 0.3) is 5.56 Å². The van der Waals surface area contributed by atoms with E-state index in [-0.39, 0.29) is 11.5 Å². The van der Waals surface area contributed by atoms with Gasteiger partial charge in [0, 0.05) is 11.8 Å². The lowest BCUT2D eigenvalue weighted by Crippen LogP contribution is -2.09. The van der Waals surface area contributed by atoms with Crippen molar-refractivity contribution >= 4 is 5.95 Å². The Hall–Kier alpha value is -1.32. The fourth-order valence-electron chi connectivity index (χ4n) is 0.602. The Morgan fingerprint density at radius 2 is 2.09 bits per heavy atom. The Morgan fingerprint density at radius 3 is 2.45 bits per heavy atom. The second kappa shape index (κ2) is 4.49. The van der Waals surface area contributed by atoms with Crippen molar-refractivity contribution < 1.29 is 0 Å². The van der Waals surface area contributed by atoms with Crippen LogP contribution in [0.15, 0.2) is 10.9 Å². The van der Waals surface area contributed by atoms with Crippen LogP contribution in [0.4, 0.5) is 5.95 Å². The number of hydrogen-bond acceptors (Lipinski definition) is 3. The summed E-state index contributed by atoms with van der Waals surface area (Å²) in [6.45, 7) is 5.71. The second-order valence-corrected chi connectivity index (χ2v) is 1.77. The van der Waals surface area contributed by atoms with Gasteiger partial charge in [-0.05, 0) is 6.92 Å². The van der Waals surface area contributed by atoms with Crippen LogP contribution in [-0.2, 0) is 0 Å². The number of H-pyrrole nitrogens is 1. The van der Waals surface area contributed by atoms with Crippen molar-refractivity contribution in [3.8, 4) is 0 Å². The van der Waals surface area contributed by atoms with Crippen LogP contribution < -0.4 is 11.3 Å². The quantitative estimate of drug-likeness (QED) is 0.579. The molecule has 0 saturated carbocycles. The van der Waals surface area contributed by atoms with Gasteiger partial charge in [0.15, 0.2) is 0 Å². The van der Waals surface area contributed by atoms with Crippen LogP contribution in [0, 0.1) is 6.92 Å². The molecule has 0 unspecified atom stereocenters. The highest BCUT2D eigenvalue weighted by molar-refractivity contribution is 5.16. The maximum atomic E-state index is 10.5. The molecule has 4 nitrogen and oxygen atoms in total. The first kappa shape index (κ1) is 9.68. The molecule has 4 heteroatoms. The van der Waals surface area contributed by atoms with E-state index in [9.17, 15) is 4.79 Å². The van der Waals surface area contributed by atoms with E-state index in [2.05, 4.69) is 9.97 Å². The largest absolute Gasteiger partial charge is 0.369 e. The highest BCUT2D eigenvalue weighted by Crippen LogP contribution is 1.86. The first-order valence-electron chi connectivity index (χ1n) is 3.52. The Morgan fingerprint density at radius 1 is 1.55 bits per heavy atom. The maximum Gasteiger partial charge on any atom is 0.252 e. The monoisotopic (exact) mass is 155 g/mol. The molecule has 11 heavy (non-hydrogen) atoms. The number of nitrogens with two attached hydrogens (primary N) is 1. The molecule has 0 aromatic carbocycles. The standard InChI is InChI=1S/C5H7N3O.C2H6/c1-3-2-4(9)8-5(6)7-3;1-2/h2H,1H3,(H3,6,7,8,9);1-2H3. The third kappa shape index (κ3) is 3.40. The summed E-state index contributed by atoms with van der Waals surface area (Å²) in [5, 5.41) is 0. The Bertz CT molecular complexity index is 243. The predicted octanol–water partition coefficient (Wildman–Crippen LogP) is 0.687. The fourth-order valence-corrected chi connectivity index (χ4v) is 0.602. The zero-order chi connectivity index (χ0) is 8.85. The van der Waals surface area contributed by atoms with Crippen LogP contribution in [-0.4, -0.2) is 9.97 Å². The van der Waals surface area contributed by atoms with Crippen LogP contribution in [0.1, 0.15) is 19.5 Å². The van der Waals surface area contributed by atoms with Crippen molar-refractivity contribution in [1.29, 1.82) is 0 Å². The van der Waals surface area contributed by atoms with E-state index >= 15 is 0 Å². The third-order valence-corrected chi connectivity index (χ3v) is 0.888. The highest BCUT2D eigenvalue weighted by atomic mass is 16.1. The molecular weight excluding hydrogens is 142 g/mol. The minimum atomic E-state index is -0.208. The summed E-state index contributed by atoms with van der Waals surface area (Å²) in [4.78, 5) is 16.6. The van der Waals surface area contributed by atoms with E-state index in [0.29, 0.717) is 5.69 Å². The molecule has 0 spiro atoms. The van der Waals surface area contributed by atoms with E-state index in [1.165, 1.54) is 6.07 Å². The number of nitrogens with one attached hydrogen (secondary N) is 1. The number of aromatic amines is 1. The first-order valence-corrected chi connectivity index (χ1v) is 3.52. The lowest BCUT2D eigenvalue weighted by atomic mass is 10.5. The van der Waals surface area contributed by atoms with Crippen molar-refractivity contribution in [2.75, 3.05) is 5.73 Å². The number of anilines is 1. The Kier molecular flexibility index (Phi) is 3.95. The van der Waals surface area contributed by atoms with E-state index in [1.807, 2.05) is 13.8 Å². The predicted molar refractivity (Wildman–Crippen MR) is 45.4 cm³/mol. The average Bonchev–Trinajstić information content (AvgIpc) is 1.88. The molecule has 1 aromatic heterocycles. The SMILES string of the molecule is CC.Cc1cc(=O)[nH]c(N)n1. The van der Waals surface area contributed by atoms with E-state index in [0.717, 1.165) is 0 Å². The first-order chi connectivity index (χ1) is 5.18. The summed E-state index contributed by atoms with van der Waals surface area (Å²) in [5.41, 5.74) is 5.62. The summed E-state index contributed by atoms with van der Waals surface area (Å²) < 4.78 is 0. The fraction of sp³-hybridized carbons (Fsp3) is 0.429. The zero-order valence-electron chi connectivity index (χ0n) is 7.01. The van der Waals surface area contributed by atoms with E-state index < -0.39 is 0 Å². The van der Waals surface area contributed by atoms with Gasteiger partial charge < -0.3 is 5.73 Å². The van der Waals surface area contributed by atoms with Gasteiger partial charge in [-0.2, -0.15) is 0 Å². The summed E-state index contributed by atoms with van der Waals surface area (Å²) in [6, 6.07) is 1.39. The molecule has 0 atom stereocenters. The van der Waals surface area contributed by atoms with Crippen molar-refractivity contribution in [2.24, 2.45) is 0 Å². The molecule has 0 amide bonds. The van der Waals surface area contributed by atoms with Crippen LogP contribution in [0.5, 0.6) is 0 Å². The average molecular weight is 155 g/mol. The summed E-state index contributed by atoms with van der Waals surface area (Å²) in [6.07, 6.45) is 0. The van der Waals surface area contributed by atoms with Crippen LogP contribution in [0.3, 0.4) is 0 Å². The smallest absolute Gasteiger partial charge is 0.252 e. The van der Waals surface area contributed by atoms with Crippen molar-refractivity contribution in [3.05, 3.63) is 22.1 Å². The molecule has 62 valence electrons. The maximum absolute atomic E-state index is 10.5. The number of hydrogen-bond donors (Lipinski definition) is 2. The molecule has 1 heterocycles. The minimum absolute atomic E-state index is 0.167. The molecule has 0 aliphatic heterocycles. The van der Waals surface area contributed by atoms with Crippen LogP contribution in [0.2, 0.25) is 0 Å². The van der Waals surface area contributed by atoms with Crippen molar-refractivity contribution in [2.45, 2.75) is 20.8 Å². The number of aromatic nitrogens is 2. The topological polar surface area (TPSA) is 71.8 Å². The molecule has 0 bridgehead atoms. The van der Waals surface area contributed by atoms with Gasteiger partial charge in [0.1, 0.15) is 0 Å². The van der Waals surface area contributed by atoms with Gasteiger partial charge >= 0.3 is 0 Å². The van der Waals surface area contributed by atoms with Crippen LogP contribution >= 0.6 is 0 Å². The molecule has 0 saturated heterocycles. The molecule has 0 radical (unpaired) electrons. The lowest BCUT2D eigenvalue weighted by molar-refractivity contribution is 1.08. The van der Waals surface area contributed by atoms with Gasteiger partial charge in [-0.3, -0.25) is 9.78 Å². The normalized spacial score (nSPS) is 8.27. The van der Waals surface area contributed by atoms with E-state index in [4.69, 9.17) is 5.73 Å². The lowest BCUT2D eigenvalue weighted by Gasteiger charge is -1.90. The number of nitrogen functional groups attached to an aromatic ring is 1. The van der Waals surface area contributed by atoms with Gasteiger partial charge in [-0.1, -0.05) is 13.8 Å². The number of rotatable bonds is 0. The molecule has 0 aliphatic carbocycles. The van der Waals surface area contributed by atoms with Gasteiger partial charge in [0.05, 0.1) is 0 Å². The van der Waals surface area contributed by atoms with Gasteiger partial charge in [0.2, 0.25) is 5.95 Å². The summed E-state index contributed by atoms with van der Waals surface area (Å²) in [7, 11) is 0. The molecule has 0 fully saturated rings. The molecular formula is C7H13N3O. The summed E-state index contributed by atoms with van der Waals surface area (Å²) in [5.74, 6) is 0.167. The third-order valence-electron chi connectivity index (χ3n) is 0.888. The number of nitrogens with zero attached hydrogens (tertiary/aromatic N) is 1. The molecule has 1 aromatic rings. The highest BCUT2D eigenvalue weighted by Gasteiger charge is 1.89. The minimum Gasteiger partial charge on any atom is -0.369 e. The molecule has 3 N–H and O–H groups in total. The van der Waals surface area contributed by atoms with Crippen LogP contribution in [0.25, 0.3) is 0 Å². The number of aryl methyl sites for hydroxylation is 1. The van der Waals surface area contributed by atoms with E-state index in [1.54, 1.807) is 6.92 Å². The zero-order valence-corrected chi connectivity index (χ0v) is 7.01. The van der Waals surface area contributed by atoms with Crippen molar-refractivity contribution in [1.82, 2.24) is 9.97 Å². The van der Waals surface area contributed by atoms with Crippen molar-refractivity contribution in [3.63, 3.8) is 0 Å². The second-order valence-electron chi connectivity index (χ2n) is 1.77. The molecule has 0 aliphatic rings. The van der Waals surface area contributed by atoms with Gasteiger partial charge in [-0.15, -0.1) is 0 Å². The molecule has 1 rings (SSSR count). The Labute approximate surface area is 65.5 Å². The van der Waals surface area contributed by atoms with Gasteiger partial charge in [-0.25, -0.2) is 4.98 Å². The summed E-state index contributed by atoms with van der Waals surface area (Å²) >= 11 is 0. The Balaban J connectivity index is 0.000000461.